The van der Waals surface area contributed by atoms with Gasteiger partial charge in [-0.2, -0.15) is 0 Å². The monoisotopic (exact) mass is 412 g/mol. The van der Waals surface area contributed by atoms with Crippen LogP contribution in [0.15, 0.2) is 18.2 Å². The van der Waals surface area contributed by atoms with Crippen molar-refractivity contribution in [3.05, 3.63) is 33.1 Å². The van der Waals surface area contributed by atoms with E-state index in [-0.39, 0.29) is 29.5 Å². The van der Waals surface area contributed by atoms with Crippen molar-refractivity contribution in [3.8, 4) is 0 Å². The summed E-state index contributed by atoms with van der Waals surface area (Å²) in [5.74, 6) is -0.435. The van der Waals surface area contributed by atoms with E-state index < -0.39 is 0 Å². The van der Waals surface area contributed by atoms with Gasteiger partial charge in [-0.15, -0.1) is 12.4 Å². The van der Waals surface area contributed by atoms with E-state index in [1.165, 1.54) is 18.2 Å². The molecule has 0 aromatic heterocycles. The van der Waals surface area contributed by atoms with Crippen molar-refractivity contribution in [2.45, 2.75) is 19.8 Å². The lowest BCUT2D eigenvalue weighted by Gasteiger charge is -2.34. The highest BCUT2D eigenvalue weighted by Gasteiger charge is 2.27. The number of halogens is 3. The van der Waals surface area contributed by atoms with Gasteiger partial charge in [0.2, 0.25) is 0 Å². The van der Waals surface area contributed by atoms with E-state index >= 15 is 0 Å². The zero-order valence-corrected chi connectivity index (χ0v) is 14.3. The molecule has 0 spiro atoms. The average molecular weight is 413 g/mol. The van der Waals surface area contributed by atoms with Crippen LogP contribution in [0.3, 0.4) is 0 Å². The minimum Gasteiger partial charge on any atom is -0.351 e. The van der Waals surface area contributed by atoms with Gasteiger partial charge in [-0.1, -0.05) is 6.92 Å². The first kappa shape index (κ1) is 17.7. The normalized spacial score (nSPS) is 17.1. The largest absolute Gasteiger partial charge is 0.351 e. The van der Waals surface area contributed by atoms with E-state index in [4.69, 9.17) is 0 Å². The maximum Gasteiger partial charge on any atom is 0.252 e. The summed E-state index contributed by atoms with van der Waals surface area (Å²) < 4.78 is 13.6. The third-order valence-electron chi connectivity index (χ3n) is 3.66. The minimum absolute atomic E-state index is 0. The highest BCUT2D eigenvalue weighted by Crippen LogP contribution is 2.26. The smallest absolute Gasteiger partial charge is 0.252 e. The topological polar surface area (TPSA) is 41.1 Å². The van der Waals surface area contributed by atoms with E-state index in [2.05, 4.69) is 17.6 Å². The zero-order valence-electron chi connectivity index (χ0n) is 11.3. The first-order valence-corrected chi connectivity index (χ1v) is 7.52. The summed E-state index contributed by atoms with van der Waals surface area (Å²) in [6, 6.07) is 4.24. The lowest BCUT2D eigenvalue weighted by molar-refractivity contribution is 0.0921. The van der Waals surface area contributed by atoms with Crippen molar-refractivity contribution < 1.29 is 9.18 Å². The van der Waals surface area contributed by atoms with Crippen LogP contribution in [-0.2, 0) is 0 Å². The van der Waals surface area contributed by atoms with Gasteiger partial charge < -0.3 is 10.6 Å². The molecule has 0 saturated carbocycles. The van der Waals surface area contributed by atoms with Crippen LogP contribution >= 0.6 is 35.0 Å². The number of hydrogen-bond acceptors (Lipinski definition) is 2. The van der Waals surface area contributed by atoms with Crippen LogP contribution < -0.4 is 10.6 Å². The van der Waals surface area contributed by atoms with Gasteiger partial charge in [0.05, 0.1) is 5.56 Å². The molecule has 0 unspecified atom stereocenters. The number of carbonyl (C=O) groups is 1. The second kappa shape index (κ2) is 7.56. The van der Waals surface area contributed by atoms with E-state index in [0.717, 1.165) is 25.9 Å². The van der Waals surface area contributed by atoms with E-state index in [0.29, 0.717) is 15.7 Å². The number of amides is 1. The first-order valence-electron chi connectivity index (χ1n) is 6.44. The molecule has 1 saturated heterocycles. The van der Waals surface area contributed by atoms with Crippen LogP contribution in [-0.4, -0.2) is 25.5 Å². The predicted octanol–water partition coefficient (Wildman–Crippen LogP) is 2.97. The van der Waals surface area contributed by atoms with Gasteiger partial charge in [0.15, 0.2) is 0 Å². The molecule has 1 aromatic rings. The second-order valence-electron chi connectivity index (χ2n) is 5.37. The summed E-state index contributed by atoms with van der Waals surface area (Å²) in [4.78, 5) is 12.1. The molecule has 2 N–H and O–H groups in total. The molecule has 3 nitrogen and oxygen atoms in total. The molecule has 0 atom stereocenters. The van der Waals surface area contributed by atoms with Crippen molar-refractivity contribution in [1.82, 2.24) is 10.6 Å². The fourth-order valence-electron chi connectivity index (χ4n) is 2.27. The third kappa shape index (κ3) is 4.56. The number of carbonyl (C=O) groups excluding carboxylic acids is 1. The Morgan fingerprint density at radius 2 is 2.10 bits per heavy atom. The zero-order chi connectivity index (χ0) is 13.9. The fraction of sp³-hybridized carbons (Fsp3) is 0.500. The first-order chi connectivity index (χ1) is 9.00. The number of piperidine rings is 1. The summed E-state index contributed by atoms with van der Waals surface area (Å²) in [7, 11) is 0. The summed E-state index contributed by atoms with van der Waals surface area (Å²) >= 11 is 1.99. The molecule has 1 aromatic carbocycles. The number of nitrogens with one attached hydrogen (secondary N) is 2. The van der Waals surface area contributed by atoms with Crippen molar-refractivity contribution in [2.75, 3.05) is 19.6 Å². The Labute approximate surface area is 138 Å². The van der Waals surface area contributed by atoms with E-state index in [9.17, 15) is 9.18 Å². The van der Waals surface area contributed by atoms with Gasteiger partial charge in [0, 0.05) is 10.1 Å². The third-order valence-corrected chi connectivity index (χ3v) is 4.55. The molecule has 1 amide bonds. The van der Waals surface area contributed by atoms with Crippen LogP contribution in [0.4, 0.5) is 4.39 Å². The molecule has 2 rings (SSSR count). The van der Waals surface area contributed by atoms with Crippen molar-refractivity contribution in [2.24, 2.45) is 5.41 Å². The molecule has 0 bridgehead atoms. The molecule has 0 aliphatic carbocycles. The predicted molar refractivity (Wildman–Crippen MR) is 88.9 cm³/mol. The Balaban J connectivity index is 0.00000200. The Hall–Kier alpha value is -0.400. The van der Waals surface area contributed by atoms with Crippen molar-refractivity contribution >= 4 is 40.9 Å². The molecule has 1 aliphatic rings. The average Bonchev–Trinajstić information content (AvgIpc) is 2.37. The molecule has 112 valence electrons. The lowest BCUT2D eigenvalue weighted by atomic mass is 9.81. The van der Waals surface area contributed by atoms with Gasteiger partial charge in [0.25, 0.3) is 5.91 Å². The minimum atomic E-state index is -0.314. The molecule has 1 aliphatic heterocycles. The Kier molecular flexibility index (Phi) is 6.68. The van der Waals surface area contributed by atoms with Crippen molar-refractivity contribution in [3.63, 3.8) is 0 Å². The fourth-order valence-corrected chi connectivity index (χ4v) is 2.99. The standard InChI is InChI=1S/C14H18FIN2O.ClH/c1-14(4-6-17-7-5-14)9-18-13(19)11-3-2-10(15)8-12(11)16;/h2-3,8,17H,4-7,9H2,1H3,(H,18,19);1H. The summed E-state index contributed by atoms with van der Waals surface area (Å²) in [6.45, 7) is 4.87. The Morgan fingerprint density at radius 1 is 1.45 bits per heavy atom. The maximum absolute atomic E-state index is 13.0. The van der Waals surface area contributed by atoms with Crippen molar-refractivity contribution in [1.29, 1.82) is 0 Å². The van der Waals surface area contributed by atoms with Gasteiger partial charge in [0.1, 0.15) is 5.82 Å². The van der Waals surface area contributed by atoms with Crippen LogP contribution in [0.25, 0.3) is 0 Å². The van der Waals surface area contributed by atoms with Crippen LogP contribution in [0.5, 0.6) is 0 Å². The van der Waals surface area contributed by atoms with Crippen LogP contribution in [0.1, 0.15) is 30.1 Å². The highest BCUT2D eigenvalue weighted by molar-refractivity contribution is 14.1. The number of hydrogen-bond donors (Lipinski definition) is 2. The van der Waals surface area contributed by atoms with E-state index in [1.807, 2.05) is 22.6 Å². The SMILES string of the molecule is CC1(CNC(=O)c2ccc(F)cc2I)CCNCC1.Cl. The van der Waals surface area contributed by atoms with E-state index in [1.54, 1.807) is 0 Å². The van der Waals surface area contributed by atoms with Gasteiger partial charge in [-0.05, 0) is 72.1 Å². The van der Waals surface area contributed by atoms with Gasteiger partial charge in [-0.3, -0.25) is 4.79 Å². The van der Waals surface area contributed by atoms with Crippen LogP contribution in [0.2, 0.25) is 0 Å². The quantitative estimate of drug-likeness (QED) is 0.750. The second-order valence-corrected chi connectivity index (χ2v) is 6.53. The molecule has 1 fully saturated rings. The van der Waals surface area contributed by atoms with Gasteiger partial charge >= 0.3 is 0 Å². The highest BCUT2D eigenvalue weighted by atomic mass is 127. The molecule has 6 heteroatoms. The number of rotatable bonds is 3. The molecule has 1 heterocycles. The van der Waals surface area contributed by atoms with Crippen LogP contribution in [0, 0.1) is 14.8 Å². The summed E-state index contributed by atoms with van der Waals surface area (Å²) in [5, 5.41) is 6.29. The Morgan fingerprint density at radius 3 is 2.70 bits per heavy atom. The summed E-state index contributed by atoms with van der Waals surface area (Å²) in [5.41, 5.74) is 0.700. The maximum atomic E-state index is 13.0. The summed E-state index contributed by atoms with van der Waals surface area (Å²) in [6.07, 6.45) is 2.13. The Bertz CT molecular complexity index is 478. The lowest BCUT2D eigenvalue weighted by Crippen LogP contribution is -2.43. The molecule has 0 radical (unpaired) electrons. The van der Waals surface area contributed by atoms with Gasteiger partial charge in [-0.25, -0.2) is 4.39 Å². The molecular formula is C14H19ClFIN2O. The molecular weight excluding hydrogens is 394 g/mol. The molecule has 20 heavy (non-hydrogen) atoms. The number of benzene rings is 1.